The van der Waals surface area contributed by atoms with Gasteiger partial charge in [-0.05, 0) is 31.4 Å². The number of piperazine rings is 1. The molecule has 0 saturated carbocycles. The fourth-order valence-corrected chi connectivity index (χ4v) is 3.46. The fourth-order valence-electron chi connectivity index (χ4n) is 3.46. The molecule has 0 radical (unpaired) electrons. The zero-order chi connectivity index (χ0) is 14.8. The number of nitrogens with one attached hydrogen (secondary N) is 1. The van der Waals surface area contributed by atoms with E-state index in [-0.39, 0.29) is 12.0 Å². The van der Waals surface area contributed by atoms with E-state index in [1.165, 1.54) is 11.1 Å². The summed E-state index contributed by atoms with van der Waals surface area (Å²) in [4.78, 5) is 14.6. The second-order valence-corrected chi connectivity index (χ2v) is 6.28. The molecule has 4 heteroatoms. The highest BCUT2D eigenvalue weighted by molar-refractivity contribution is 5.77. The summed E-state index contributed by atoms with van der Waals surface area (Å²) < 4.78 is 5.86. The maximum Gasteiger partial charge on any atom is 0.225 e. The third-order valence-electron chi connectivity index (χ3n) is 4.36. The summed E-state index contributed by atoms with van der Waals surface area (Å²) >= 11 is 0. The zero-order valence-electron chi connectivity index (χ0n) is 12.8. The first-order valence-electron chi connectivity index (χ1n) is 7.86. The number of carbonyl (C=O) groups is 1. The van der Waals surface area contributed by atoms with Gasteiger partial charge in [-0.25, -0.2) is 0 Å². The van der Waals surface area contributed by atoms with Crippen LogP contribution in [0.15, 0.2) is 24.3 Å². The lowest BCUT2D eigenvalue weighted by atomic mass is 9.95. The molecule has 1 aromatic rings. The van der Waals surface area contributed by atoms with E-state index in [0.717, 1.165) is 19.5 Å². The van der Waals surface area contributed by atoms with Gasteiger partial charge in [0, 0.05) is 25.2 Å². The summed E-state index contributed by atoms with van der Waals surface area (Å²) in [6.07, 6.45) is 1.32. The van der Waals surface area contributed by atoms with Crippen LogP contribution in [0.3, 0.4) is 0 Å². The molecule has 0 aliphatic carbocycles. The van der Waals surface area contributed by atoms with Gasteiger partial charge < -0.3 is 15.0 Å². The van der Waals surface area contributed by atoms with Crippen LogP contribution >= 0.6 is 0 Å². The van der Waals surface area contributed by atoms with Crippen LogP contribution in [0.2, 0.25) is 0 Å². The quantitative estimate of drug-likeness (QED) is 0.904. The van der Waals surface area contributed by atoms with E-state index in [4.69, 9.17) is 4.74 Å². The SMILES string of the molecule is C[C@@H]1CN(C(=O)C[C@@H]2OCCc3ccccc32)C[C@@H](C)N1. The highest BCUT2D eigenvalue weighted by Crippen LogP contribution is 2.30. The molecule has 0 unspecified atom stereocenters. The van der Waals surface area contributed by atoms with Gasteiger partial charge >= 0.3 is 0 Å². The minimum atomic E-state index is -0.0806. The molecule has 3 atom stereocenters. The maximum atomic E-state index is 12.6. The Labute approximate surface area is 126 Å². The standard InChI is InChI=1S/C17H24N2O2/c1-12-10-19(11-13(2)18-12)17(20)9-16-15-6-4-3-5-14(15)7-8-21-16/h3-6,12-13,16,18H,7-11H2,1-2H3/t12-,13-,16+/m1/s1. The fraction of sp³-hybridized carbons (Fsp3) is 0.588. The van der Waals surface area contributed by atoms with Gasteiger partial charge in [0.05, 0.1) is 19.1 Å². The average molecular weight is 288 g/mol. The molecule has 3 rings (SSSR count). The van der Waals surface area contributed by atoms with Gasteiger partial charge in [-0.2, -0.15) is 0 Å². The van der Waals surface area contributed by atoms with E-state index in [1.54, 1.807) is 0 Å². The highest BCUT2D eigenvalue weighted by atomic mass is 16.5. The Bertz CT molecular complexity index is 507. The molecule has 1 saturated heterocycles. The number of hydrogen-bond acceptors (Lipinski definition) is 3. The molecule has 114 valence electrons. The molecule has 2 aliphatic heterocycles. The van der Waals surface area contributed by atoms with Crippen LogP contribution in [0.5, 0.6) is 0 Å². The van der Waals surface area contributed by atoms with Crippen molar-refractivity contribution in [3.05, 3.63) is 35.4 Å². The summed E-state index contributed by atoms with van der Waals surface area (Å²) in [6, 6.07) is 9.04. The monoisotopic (exact) mass is 288 g/mol. The molecule has 4 nitrogen and oxygen atoms in total. The van der Waals surface area contributed by atoms with Crippen LogP contribution in [-0.2, 0) is 16.0 Å². The molecule has 2 heterocycles. The van der Waals surface area contributed by atoms with Crippen molar-refractivity contribution in [2.75, 3.05) is 19.7 Å². The van der Waals surface area contributed by atoms with Gasteiger partial charge in [0.15, 0.2) is 0 Å². The van der Waals surface area contributed by atoms with Gasteiger partial charge in [-0.1, -0.05) is 24.3 Å². The second-order valence-electron chi connectivity index (χ2n) is 6.28. The van der Waals surface area contributed by atoms with Gasteiger partial charge in [0.1, 0.15) is 0 Å². The first-order chi connectivity index (χ1) is 10.1. The van der Waals surface area contributed by atoms with E-state index < -0.39 is 0 Å². The number of amides is 1. The summed E-state index contributed by atoms with van der Waals surface area (Å²) in [6.45, 7) is 6.54. The molecule has 1 amide bonds. The van der Waals surface area contributed by atoms with Crippen LogP contribution in [0.25, 0.3) is 0 Å². The maximum absolute atomic E-state index is 12.6. The van der Waals surface area contributed by atoms with Crippen molar-refractivity contribution in [3.8, 4) is 0 Å². The van der Waals surface area contributed by atoms with Gasteiger partial charge in [-0.3, -0.25) is 4.79 Å². The lowest BCUT2D eigenvalue weighted by molar-refractivity contribution is -0.136. The summed E-state index contributed by atoms with van der Waals surface area (Å²) in [5.74, 6) is 0.205. The van der Waals surface area contributed by atoms with E-state index in [0.29, 0.717) is 25.1 Å². The van der Waals surface area contributed by atoms with Crippen molar-refractivity contribution in [3.63, 3.8) is 0 Å². The largest absolute Gasteiger partial charge is 0.373 e. The second kappa shape index (κ2) is 6.16. The van der Waals surface area contributed by atoms with Crippen LogP contribution in [0.4, 0.5) is 0 Å². The predicted octanol–water partition coefficient (Wildman–Crippen LogP) is 1.90. The Morgan fingerprint density at radius 3 is 2.76 bits per heavy atom. The Morgan fingerprint density at radius 2 is 2.00 bits per heavy atom. The van der Waals surface area contributed by atoms with Crippen molar-refractivity contribution in [1.29, 1.82) is 0 Å². The molecule has 1 aromatic carbocycles. The number of carbonyl (C=O) groups excluding carboxylic acids is 1. The highest BCUT2D eigenvalue weighted by Gasteiger charge is 2.29. The Morgan fingerprint density at radius 1 is 1.29 bits per heavy atom. The van der Waals surface area contributed by atoms with Crippen molar-refractivity contribution in [1.82, 2.24) is 10.2 Å². The van der Waals surface area contributed by atoms with E-state index in [1.807, 2.05) is 11.0 Å². The van der Waals surface area contributed by atoms with Crippen LogP contribution < -0.4 is 5.32 Å². The molecule has 0 spiro atoms. The van der Waals surface area contributed by atoms with E-state index in [2.05, 4.69) is 37.4 Å². The number of fused-ring (bicyclic) bond motifs is 1. The van der Waals surface area contributed by atoms with E-state index in [9.17, 15) is 4.79 Å². The average Bonchev–Trinajstić information content (AvgIpc) is 2.46. The van der Waals surface area contributed by atoms with Crippen molar-refractivity contribution >= 4 is 5.91 Å². The minimum Gasteiger partial charge on any atom is -0.373 e. The topological polar surface area (TPSA) is 41.6 Å². The summed E-state index contributed by atoms with van der Waals surface area (Å²) in [7, 11) is 0. The summed E-state index contributed by atoms with van der Waals surface area (Å²) in [5, 5.41) is 3.46. The molecule has 1 fully saturated rings. The van der Waals surface area contributed by atoms with Crippen molar-refractivity contribution in [2.45, 2.75) is 44.9 Å². The number of hydrogen-bond donors (Lipinski definition) is 1. The molecule has 21 heavy (non-hydrogen) atoms. The van der Waals surface area contributed by atoms with Crippen LogP contribution in [-0.4, -0.2) is 42.6 Å². The molecular weight excluding hydrogens is 264 g/mol. The lowest BCUT2D eigenvalue weighted by Gasteiger charge is -2.37. The molecule has 0 aromatic heterocycles. The number of benzene rings is 1. The van der Waals surface area contributed by atoms with Gasteiger partial charge in [0.25, 0.3) is 0 Å². The number of ether oxygens (including phenoxy) is 1. The van der Waals surface area contributed by atoms with Gasteiger partial charge in [0.2, 0.25) is 5.91 Å². The van der Waals surface area contributed by atoms with Gasteiger partial charge in [-0.15, -0.1) is 0 Å². The summed E-state index contributed by atoms with van der Waals surface area (Å²) in [5.41, 5.74) is 2.51. The third-order valence-corrected chi connectivity index (χ3v) is 4.36. The first-order valence-corrected chi connectivity index (χ1v) is 7.86. The normalized spacial score (nSPS) is 29.0. The Hall–Kier alpha value is -1.39. The Balaban J connectivity index is 1.68. The minimum absolute atomic E-state index is 0.0806. The molecular formula is C17H24N2O2. The molecule has 1 N–H and O–H groups in total. The number of rotatable bonds is 2. The van der Waals surface area contributed by atoms with Crippen molar-refractivity contribution < 1.29 is 9.53 Å². The van der Waals surface area contributed by atoms with Crippen molar-refractivity contribution in [2.24, 2.45) is 0 Å². The first kappa shape index (κ1) is 14.5. The number of nitrogens with zero attached hydrogens (tertiary/aromatic N) is 1. The molecule has 2 aliphatic rings. The van der Waals surface area contributed by atoms with Crippen LogP contribution in [0.1, 0.15) is 37.5 Å². The third kappa shape index (κ3) is 3.27. The predicted molar refractivity (Wildman–Crippen MR) is 82.1 cm³/mol. The van der Waals surface area contributed by atoms with E-state index >= 15 is 0 Å². The zero-order valence-corrected chi connectivity index (χ0v) is 12.8. The Kier molecular flexibility index (Phi) is 4.27. The smallest absolute Gasteiger partial charge is 0.225 e. The molecule has 0 bridgehead atoms. The van der Waals surface area contributed by atoms with Crippen LogP contribution in [0, 0.1) is 0 Å². The lowest BCUT2D eigenvalue weighted by Crippen LogP contribution is -2.56.